The Morgan fingerprint density at radius 1 is 0.969 bits per heavy atom. The number of piperazine rings is 1. The van der Waals surface area contributed by atoms with Gasteiger partial charge in [-0.3, -0.25) is 0 Å². The number of aromatic nitrogens is 3. The molecule has 11 heteroatoms. The molecule has 0 aliphatic carbocycles. The van der Waals surface area contributed by atoms with Crippen LogP contribution in [0, 0.1) is 6.92 Å². The van der Waals surface area contributed by atoms with Crippen LogP contribution in [0.5, 0.6) is 0 Å². The minimum Gasteiger partial charge on any atom is -0.378 e. The van der Waals surface area contributed by atoms with Crippen LogP contribution in [0.15, 0.2) is 34.9 Å². The maximum Gasteiger partial charge on any atom is 0.227 e. The molecule has 0 radical (unpaired) electrons. The molecular weight excluding hydrogens is 432 g/mol. The van der Waals surface area contributed by atoms with Gasteiger partial charge in [0, 0.05) is 56.4 Å². The van der Waals surface area contributed by atoms with Gasteiger partial charge in [0.15, 0.2) is 5.58 Å². The van der Waals surface area contributed by atoms with E-state index < -0.39 is 10.0 Å². The van der Waals surface area contributed by atoms with E-state index in [-0.39, 0.29) is 5.75 Å². The van der Waals surface area contributed by atoms with Crippen LogP contribution in [0.3, 0.4) is 0 Å². The number of para-hydroxylation sites is 1. The molecule has 0 unspecified atom stereocenters. The summed E-state index contributed by atoms with van der Waals surface area (Å²) < 4.78 is 38.3. The van der Waals surface area contributed by atoms with E-state index in [1.807, 2.05) is 31.2 Å². The van der Waals surface area contributed by atoms with E-state index in [0.717, 1.165) is 30.0 Å². The normalized spacial score (nSPS) is 18.4. The topological polar surface area (TPSA) is 105 Å². The molecular formula is C21H26N6O4S. The third kappa shape index (κ3) is 4.27. The largest absolute Gasteiger partial charge is 0.378 e. The van der Waals surface area contributed by atoms with Crippen molar-refractivity contribution >= 4 is 32.8 Å². The van der Waals surface area contributed by atoms with Gasteiger partial charge in [0.2, 0.25) is 16.0 Å². The van der Waals surface area contributed by atoms with E-state index in [0.29, 0.717) is 56.6 Å². The number of nitrogens with zero attached hydrogens (tertiary/aromatic N) is 6. The molecule has 2 aliphatic rings. The summed E-state index contributed by atoms with van der Waals surface area (Å²) in [4.78, 5) is 13.6. The predicted molar refractivity (Wildman–Crippen MR) is 120 cm³/mol. The molecule has 0 saturated carbocycles. The van der Waals surface area contributed by atoms with E-state index in [2.05, 4.69) is 19.9 Å². The molecule has 0 amide bonds. The summed E-state index contributed by atoms with van der Waals surface area (Å²) in [5, 5.41) is 4.71. The summed E-state index contributed by atoms with van der Waals surface area (Å²) in [6.45, 7) is 6.76. The highest BCUT2D eigenvalue weighted by atomic mass is 32.2. The van der Waals surface area contributed by atoms with E-state index in [1.165, 1.54) is 4.31 Å². The van der Waals surface area contributed by atoms with Crippen molar-refractivity contribution in [2.45, 2.75) is 12.7 Å². The Balaban J connectivity index is 1.27. The number of aryl methyl sites for hydroxylation is 1. The molecule has 2 saturated heterocycles. The molecule has 10 nitrogen and oxygen atoms in total. The minimum atomic E-state index is -3.52. The third-order valence-electron chi connectivity index (χ3n) is 5.85. The fraction of sp³-hybridized carbons (Fsp3) is 0.476. The lowest BCUT2D eigenvalue weighted by molar-refractivity contribution is 0.122. The summed E-state index contributed by atoms with van der Waals surface area (Å²) in [5.41, 5.74) is 1.93. The fourth-order valence-corrected chi connectivity index (χ4v) is 5.56. The van der Waals surface area contributed by atoms with Crippen molar-refractivity contribution in [1.82, 2.24) is 19.4 Å². The second kappa shape index (κ2) is 8.64. The quantitative estimate of drug-likeness (QED) is 0.561. The Bertz CT molecular complexity index is 1200. The first-order chi connectivity index (χ1) is 15.5. The lowest BCUT2D eigenvalue weighted by Gasteiger charge is -2.35. The fourth-order valence-electron chi connectivity index (χ4n) is 4.10. The Morgan fingerprint density at radius 3 is 2.50 bits per heavy atom. The summed E-state index contributed by atoms with van der Waals surface area (Å²) in [7, 11) is -3.52. The number of morpholine rings is 1. The van der Waals surface area contributed by atoms with Crippen LogP contribution >= 0.6 is 0 Å². The van der Waals surface area contributed by atoms with Crippen LogP contribution in [-0.2, 0) is 20.5 Å². The van der Waals surface area contributed by atoms with Gasteiger partial charge in [-0.05, 0) is 19.1 Å². The first-order valence-electron chi connectivity index (χ1n) is 10.7. The Labute approximate surface area is 186 Å². The lowest BCUT2D eigenvalue weighted by Crippen LogP contribution is -2.49. The molecule has 170 valence electrons. The van der Waals surface area contributed by atoms with Gasteiger partial charge in [0.05, 0.1) is 13.2 Å². The van der Waals surface area contributed by atoms with Crippen LogP contribution in [-0.4, -0.2) is 80.3 Å². The van der Waals surface area contributed by atoms with Crippen LogP contribution < -0.4 is 9.80 Å². The number of hydrogen-bond donors (Lipinski definition) is 0. The van der Waals surface area contributed by atoms with E-state index >= 15 is 0 Å². The Hall–Kier alpha value is -2.76. The highest BCUT2D eigenvalue weighted by Crippen LogP contribution is 2.23. The van der Waals surface area contributed by atoms with Gasteiger partial charge >= 0.3 is 0 Å². The number of rotatable bonds is 5. The zero-order valence-corrected chi connectivity index (χ0v) is 18.8. The molecule has 32 heavy (non-hydrogen) atoms. The zero-order chi connectivity index (χ0) is 22.1. The molecule has 5 rings (SSSR count). The van der Waals surface area contributed by atoms with E-state index in [9.17, 15) is 8.42 Å². The monoisotopic (exact) mass is 458 g/mol. The Kier molecular flexibility index (Phi) is 5.70. The van der Waals surface area contributed by atoms with Crippen molar-refractivity contribution in [3.8, 4) is 0 Å². The minimum absolute atomic E-state index is 0.174. The number of benzene rings is 1. The molecule has 4 heterocycles. The second-order valence-electron chi connectivity index (χ2n) is 8.03. The Morgan fingerprint density at radius 2 is 1.72 bits per heavy atom. The number of anilines is 2. The first kappa shape index (κ1) is 21.1. The SMILES string of the molecule is Cc1cc(N2CCOCC2)nc(N2CCN(S(=O)(=O)Cc3noc4ccccc34)CC2)n1. The summed E-state index contributed by atoms with van der Waals surface area (Å²) in [5.74, 6) is 1.36. The van der Waals surface area contributed by atoms with Gasteiger partial charge in [0.1, 0.15) is 17.3 Å². The second-order valence-corrected chi connectivity index (χ2v) is 10.0. The summed E-state index contributed by atoms with van der Waals surface area (Å²) in [6.07, 6.45) is 0. The van der Waals surface area contributed by atoms with Gasteiger partial charge in [-0.15, -0.1) is 0 Å². The molecule has 2 fully saturated rings. The summed E-state index contributed by atoms with van der Waals surface area (Å²) >= 11 is 0. The van der Waals surface area contributed by atoms with Crippen molar-refractivity contribution in [2.24, 2.45) is 0 Å². The number of sulfonamides is 1. The maximum atomic E-state index is 13.0. The average molecular weight is 459 g/mol. The average Bonchev–Trinajstić information content (AvgIpc) is 3.21. The van der Waals surface area contributed by atoms with E-state index in [1.54, 1.807) is 6.07 Å². The van der Waals surface area contributed by atoms with Gasteiger partial charge in [-0.25, -0.2) is 13.4 Å². The van der Waals surface area contributed by atoms with Crippen LogP contribution in [0.2, 0.25) is 0 Å². The van der Waals surface area contributed by atoms with Gasteiger partial charge in [-0.1, -0.05) is 17.3 Å². The standard InChI is InChI=1S/C21H26N6O4S/c1-16-14-20(25-10-12-30-13-11-25)23-21(22-16)26-6-8-27(9-7-26)32(28,29)15-18-17-4-2-3-5-19(17)31-24-18/h2-5,14H,6-13,15H2,1H3. The lowest BCUT2D eigenvalue weighted by atomic mass is 10.2. The highest BCUT2D eigenvalue weighted by molar-refractivity contribution is 7.88. The molecule has 0 N–H and O–H groups in total. The van der Waals surface area contributed by atoms with Crippen molar-refractivity contribution in [1.29, 1.82) is 0 Å². The molecule has 2 aliphatic heterocycles. The third-order valence-corrected chi connectivity index (χ3v) is 7.64. The number of hydrogen-bond acceptors (Lipinski definition) is 9. The predicted octanol–water partition coefficient (Wildman–Crippen LogP) is 1.41. The highest BCUT2D eigenvalue weighted by Gasteiger charge is 2.30. The van der Waals surface area contributed by atoms with Crippen molar-refractivity contribution in [3.05, 3.63) is 41.7 Å². The van der Waals surface area contributed by atoms with Crippen molar-refractivity contribution in [2.75, 3.05) is 62.3 Å². The smallest absolute Gasteiger partial charge is 0.227 e. The molecule has 0 bridgehead atoms. The summed E-state index contributed by atoms with van der Waals surface area (Å²) in [6, 6.07) is 9.28. The van der Waals surface area contributed by atoms with Crippen molar-refractivity contribution in [3.63, 3.8) is 0 Å². The molecule has 0 spiro atoms. The molecule has 2 aromatic heterocycles. The zero-order valence-electron chi connectivity index (χ0n) is 18.0. The van der Waals surface area contributed by atoms with E-state index in [4.69, 9.17) is 14.2 Å². The van der Waals surface area contributed by atoms with Crippen LogP contribution in [0.4, 0.5) is 11.8 Å². The number of fused-ring (bicyclic) bond motifs is 1. The van der Waals surface area contributed by atoms with Crippen molar-refractivity contribution < 1.29 is 17.7 Å². The van der Waals surface area contributed by atoms with Gasteiger partial charge in [-0.2, -0.15) is 9.29 Å². The number of ether oxygens (including phenoxy) is 1. The van der Waals surface area contributed by atoms with Crippen LogP contribution in [0.1, 0.15) is 11.4 Å². The maximum absolute atomic E-state index is 13.0. The van der Waals surface area contributed by atoms with Gasteiger partial charge < -0.3 is 19.1 Å². The first-order valence-corrected chi connectivity index (χ1v) is 12.3. The molecule has 0 atom stereocenters. The van der Waals surface area contributed by atoms with Gasteiger partial charge in [0.25, 0.3) is 0 Å². The van der Waals surface area contributed by atoms with Crippen LogP contribution in [0.25, 0.3) is 11.0 Å². The molecule has 1 aromatic carbocycles. The molecule has 3 aromatic rings.